The van der Waals surface area contributed by atoms with E-state index >= 15 is 0 Å². The van der Waals surface area contributed by atoms with Gasteiger partial charge in [0.1, 0.15) is 0 Å². The van der Waals surface area contributed by atoms with Crippen LogP contribution >= 0.6 is 23.1 Å². The van der Waals surface area contributed by atoms with Gasteiger partial charge in [-0.05, 0) is 43.0 Å². The molecular weight excluding hydrogens is 286 g/mol. The van der Waals surface area contributed by atoms with Crippen molar-refractivity contribution in [2.45, 2.75) is 25.3 Å². The Morgan fingerprint density at radius 3 is 2.50 bits per heavy atom. The Balaban J connectivity index is 1.85. The minimum atomic E-state index is 0.170. The first-order valence-corrected chi connectivity index (χ1v) is 8.39. The SMILES string of the molecule is Cc1ccc(SCC(=O)N(C)Cc2sccc2C)cc1. The average Bonchev–Trinajstić information content (AvgIpc) is 2.83. The lowest BCUT2D eigenvalue weighted by Crippen LogP contribution is -2.27. The van der Waals surface area contributed by atoms with Crippen LogP contribution in [0.5, 0.6) is 0 Å². The summed E-state index contributed by atoms with van der Waals surface area (Å²) < 4.78 is 0. The molecule has 1 amide bonds. The van der Waals surface area contributed by atoms with Gasteiger partial charge in [0, 0.05) is 16.8 Å². The number of hydrogen-bond acceptors (Lipinski definition) is 3. The molecule has 1 aromatic heterocycles. The van der Waals surface area contributed by atoms with E-state index in [4.69, 9.17) is 0 Å². The highest BCUT2D eigenvalue weighted by atomic mass is 32.2. The minimum absolute atomic E-state index is 0.170. The Kier molecular flexibility index (Phi) is 5.26. The zero-order valence-electron chi connectivity index (χ0n) is 12.1. The molecule has 20 heavy (non-hydrogen) atoms. The molecular formula is C16H19NOS2. The Morgan fingerprint density at radius 2 is 1.90 bits per heavy atom. The zero-order chi connectivity index (χ0) is 14.5. The number of thiophene rings is 1. The van der Waals surface area contributed by atoms with E-state index < -0.39 is 0 Å². The third kappa shape index (κ3) is 4.12. The summed E-state index contributed by atoms with van der Waals surface area (Å²) >= 11 is 3.31. The number of carbonyl (C=O) groups is 1. The van der Waals surface area contributed by atoms with Gasteiger partial charge in [-0.2, -0.15) is 0 Å². The quantitative estimate of drug-likeness (QED) is 0.775. The number of thioether (sulfide) groups is 1. The topological polar surface area (TPSA) is 20.3 Å². The van der Waals surface area contributed by atoms with Crippen LogP contribution in [-0.4, -0.2) is 23.6 Å². The maximum Gasteiger partial charge on any atom is 0.233 e. The van der Waals surface area contributed by atoms with Gasteiger partial charge in [0.25, 0.3) is 0 Å². The number of aryl methyl sites for hydroxylation is 2. The second-order valence-corrected chi connectivity index (χ2v) is 6.93. The van der Waals surface area contributed by atoms with Crippen LogP contribution in [0.2, 0.25) is 0 Å². The molecule has 0 unspecified atom stereocenters. The number of carbonyl (C=O) groups excluding carboxylic acids is 1. The largest absolute Gasteiger partial charge is 0.340 e. The third-order valence-electron chi connectivity index (χ3n) is 3.16. The first kappa shape index (κ1) is 15.1. The van der Waals surface area contributed by atoms with E-state index in [1.807, 2.05) is 7.05 Å². The molecule has 0 saturated heterocycles. The highest BCUT2D eigenvalue weighted by Crippen LogP contribution is 2.20. The van der Waals surface area contributed by atoms with Crippen molar-refractivity contribution in [3.63, 3.8) is 0 Å². The van der Waals surface area contributed by atoms with Crippen LogP contribution < -0.4 is 0 Å². The summed E-state index contributed by atoms with van der Waals surface area (Å²) in [7, 11) is 1.87. The summed E-state index contributed by atoms with van der Waals surface area (Å²) in [6.07, 6.45) is 0. The van der Waals surface area contributed by atoms with Gasteiger partial charge in [-0.15, -0.1) is 23.1 Å². The lowest BCUT2D eigenvalue weighted by Gasteiger charge is -2.16. The second-order valence-electron chi connectivity index (χ2n) is 4.88. The molecule has 0 atom stereocenters. The average molecular weight is 305 g/mol. The number of rotatable bonds is 5. The van der Waals surface area contributed by atoms with Gasteiger partial charge in [-0.3, -0.25) is 4.79 Å². The third-order valence-corrected chi connectivity index (χ3v) is 5.16. The van der Waals surface area contributed by atoms with Gasteiger partial charge in [0.2, 0.25) is 5.91 Å². The van der Waals surface area contributed by atoms with Gasteiger partial charge in [0.05, 0.1) is 12.3 Å². The van der Waals surface area contributed by atoms with Gasteiger partial charge in [-0.25, -0.2) is 0 Å². The molecule has 2 rings (SSSR count). The monoisotopic (exact) mass is 305 g/mol. The van der Waals surface area contributed by atoms with Crippen LogP contribution in [-0.2, 0) is 11.3 Å². The molecule has 0 aliphatic carbocycles. The van der Waals surface area contributed by atoms with E-state index in [0.29, 0.717) is 12.3 Å². The molecule has 0 radical (unpaired) electrons. The van der Waals surface area contributed by atoms with E-state index in [-0.39, 0.29) is 5.91 Å². The molecule has 0 spiro atoms. The summed E-state index contributed by atoms with van der Waals surface area (Å²) in [5.41, 5.74) is 2.51. The highest BCUT2D eigenvalue weighted by molar-refractivity contribution is 8.00. The molecule has 1 heterocycles. The smallest absolute Gasteiger partial charge is 0.233 e. The van der Waals surface area contributed by atoms with Gasteiger partial charge in [0.15, 0.2) is 0 Å². The van der Waals surface area contributed by atoms with Crippen molar-refractivity contribution in [1.29, 1.82) is 0 Å². The molecule has 0 aliphatic rings. The normalized spacial score (nSPS) is 10.6. The van der Waals surface area contributed by atoms with Crippen LogP contribution in [0.15, 0.2) is 40.6 Å². The molecule has 0 N–H and O–H groups in total. The summed E-state index contributed by atoms with van der Waals surface area (Å²) in [4.78, 5) is 16.3. The Morgan fingerprint density at radius 1 is 1.20 bits per heavy atom. The molecule has 2 nitrogen and oxygen atoms in total. The summed E-state index contributed by atoms with van der Waals surface area (Å²) in [6, 6.07) is 10.4. The van der Waals surface area contributed by atoms with Crippen molar-refractivity contribution in [3.05, 3.63) is 51.7 Å². The molecule has 106 valence electrons. The van der Waals surface area contributed by atoms with Gasteiger partial charge < -0.3 is 4.90 Å². The Hall–Kier alpha value is -1.26. The number of nitrogens with zero attached hydrogens (tertiary/aromatic N) is 1. The predicted molar refractivity (Wildman–Crippen MR) is 87.4 cm³/mol. The summed E-state index contributed by atoms with van der Waals surface area (Å²) in [5.74, 6) is 0.660. The molecule has 2 aromatic rings. The maximum atomic E-state index is 12.1. The summed E-state index contributed by atoms with van der Waals surface area (Å²) in [5, 5.41) is 2.07. The Bertz CT molecular complexity index is 574. The van der Waals surface area contributed by atoms with Crippen LogP contribution in [0, 0.1) is 13.8 Å². The summed E-state index contributed by atoms with van der Waals surface area (Å²) in [6.45, 7) is 4.86. The van der Waals surface area contributed by atoms with Crippen molar-refractivity contribution in [2.24, 2.45) is 0 Å². The maximum absolute atomic E-state index is 12.1. The molecule has 1 aromatic carbocycles. The molecule has 0 fully saturated rings. The van der Waals surface area contributed by atoms with Crippen molar-refractivity contribution in [3.8, 4) is 0 Å². The number of amides is 1. The van der Waals surface area contributed by atoms with Crippen LogP contribution in [0.25, 0.3) is 0 Å². The lowest BCUT2D eigenvalue weighted by atomic mass is 10.2. The fourth-order valence-corrected chi connectivity index (χ4v) is 3.56. The van der Waals surface area contributed by atoms with Crippen molar-refractivity contribution in [1.82, 2.24) is 4.90 Å². The van der Waals surface area contributed by atoms with Crippen LogP contribution in [0.3, 0.4) is 0 Å². The van der Waals surface area contributed by atoms with Crippen LogP contribution in [0.1, 0.15) is 16.0 Å². The van der Waals surface area contributed by atoms with Gasteiger partial charge >= 0.3 is 0 Å². The minimum Gasteiger partial charge on any atom is -0.340 e. The van der Waals surface area contributed by atoms with E-state index in [1.165, 1.54) is 16.0 Å². The van der Waals surface area contributed by atoms with Crippen LogP contribution in [0.4, 0.5) is 0 Å². The lowest BCUT2D eigenvalue weighted by molar-refractivity contribution is -0.127. The second kappa shape index (κ2) is 6.95. The van der Waals surface area contributed by atoms with E-state index in [0.717, 1.165) is 4.90 Å². The fraction of sp³-hybridized carbons (Fsp3) is 0.312. The number of benzene rings is 1. The highest BCUT2D eigenvalue weighted by Gasteiger charge is 2.11. The van der Waals surface area contributed by atoms with Gasteiger partial charge in [-0.1, -0.05) is 17.7 Å². The van der Waals surface area contributed by atoms with E-state index in [1.54, 1.807) is 28.0 Å². The molecule has 0 bridgehead atoms. The molecule has 0 aliphatic heterocycles. The van der Waals surface area contributed by atoms with Crippen molar-refractivity contribution in [2.75, 3.05) is 12.8 Å². The predicted octanol–water partition coefficient (Wildman–Crippen LogP) is 4.12. The zero-order valence-corrected chi connectivity index (χ0v) is 13.7. The fourth-order valence-electron chi connectivity index (χ4n) is 1.76. The molecule has 4 heteroatoms. The standard InChI is InChI=1S/C16H19NOS2/c1-12-4-6-14(7-5-12)20-11-16(18)17(3)10-15-13(2)8-9-19-15/h4-9H,10-11H2,1-3H3. The van der Waals surface area contributed by atoms with Crippen molar-refractivity contribution >= 4 is 29.0 Å². The van der Waals surface area contributed by atoms with E-state index in [9.17, 15) is 4.79 Å². The van der Waals surface area contributed by atoms with E-state index in [2.05, 4.69) is 49.6 Å². The first-order valence-electron chi connectivity index (χ1n) is 6.52. The Labute approximate surface area is 128 Å². The van der Waals surface area contributed by atoms with Crippen molar-refractivity contribution < 1.29 is 4.79 Å². The molecule has 0 saturated carbocycles. The first-order chi connectivity index (χ1) is 9.56. The number of hydrogen-bond donors (Lipinski definition) is 0.